The fraction of sp³-hybridized carbons (Fsp3) is 0.300. The van der Waals surface area contributed by atoms with Crippen LogP contribution in [0.15, 0.2) is 42.5 Å². The van der Waals surface area contributed by atoms with Crippen LogP contribution in [0, 0.1) is 6.92 Å². The summed E-state index contributed by atoms with van der Waals surface area (Å²) in [4.78, 5) is 25.5. The van der Waals surface area contributed by atoms with Gasteiger partial charge in [0.1, 0.15) is 5.75 Å². The molecule has 0 saturated heterocycles. The Balaban J connectivity index is 1.86. The fourth-order valence-corrected chi connectivity index (χ4v) is 3.23. The van der Waals surface area contributed by atoms with E-state index in [0.29, 0.717) is 22.8 Å². The second-order valence-corrected chi connectivity index (χ2v) is 7.12. The van der Waals surface area contributed by atoms with E-state index in [2.05, 4.69) is 11.4 Å². The van der Waals surface area contributed by atoms with Gasteiger partial charge < -0.3 is 15.0 Å². The molecule has 5 nitrogen and oxygen atoms in total. The first-order valence-corrected chi connectivity index (χ1v) is 9.39. The second kappa shape index (κ2) is 9.29. The lowest BCUT2D eigenvalue weighted by molar-refractivity contribution is -0.113. The Morgan fingerprint density at radius 2 is 1.81 bits per heavy atom. The van der Waals surface area contributed by atoms with Gasteiger partial charge in [-0.1, -0.05) is 17.7 Å². The van der Waals surface area contributed by atoms with Gasteiger partial charge >= 0.3 is 0 Å². The number of nitrogens with zero attached hydrogens (tertiary/aromatic N) is 1. The van der Waals surface area contributed by atoms with Gasteiger partial charge in [0.25, 0.3) is 5.91 Å². The quantitative estimate of drug-likeness (QED) is 0.807. The standard InChI is InChI=1S/C20H24N2O3S/c1-14-5-10-18(25-4)16(11-14)12-26-13-19(23)21-17-8-6-15(7-9-17)20(24)22(2)3/h5-11H,12-13H2,1-4H3,(H,21,23). The molecule has 0 spiro atoms. The summed E-state index contributed by atoms with van der Waals surface area (Å²) in [5.74, 6) is 1.74. The minimum absolute atomic E-state index is 0.0643. The van der Waals surface area contributed by atoms with Gasteiger partial charge in [0.2, 0.25) is 5.91 Å². The van der Waals surface area contributed by atoms with Crippen LogP contribution in [-0.4, -0.2) is 43.7 Å². The summed E-state index contributed by atoms with van der Waals surface area (Å²) in [6, 6.07) is 12.9. The van der Waals surface area contributed by atoms with E-state index in [1.165, 1.54) is 22.2 Å². The van der Waals surface area contributed by atoms with Gasteiger partial charge in [-0.2, -0.15) is 0 Å². The molecule has 0 aliphatic heterocycles. The molecule has 1 N–H and O–H groups in total. The van der Waals surface area contributed by atoms with Crippen LogP contribution in [0.3, 0.4) is 0 Å². The molecule has 0 heterocycles. The van der Waals surface area contributed by atoms with Crippen LogP contribution in [0.1, 0.15) is 21.5 Å². The number of amides is 2. The number of thioether (sulfide) groups is 1. The van der Waals surface area contributed by atoms with E-state index in [1.54, 1.807) is 45.5 Å². The van der Waals surface area contributed by atoms with Gasteiger partial charge in [-0.25, -0.2) is 0 Å². The number of carbonyl (C=O) groups is 2. The molecule has 138 valence electrons. The lowest BCUT2D eigenvalue weighted by Crippen LogP contribution is -2.21. The average molecular weight is 372 g/mol. The lowest BCUT2D eigenvalue weighted by Gasteiger charge is -2.11. The number of benzene rings is 2. The molecule has 0 unspecified atom stereocenters. The first-order valence-electron chi connectivity index (χ1n) is 8.23. The molecule has 2 aromatic carbocycles. The Hall–Kier alpha value is -2.47. The van der Waals surface area contributed by atoms with Crippen molar-refractivity contribution in [1.29, 1.82) is 0 Å². The van der Waals surface area contributed by atoms with Gasteiger partial charge in [0.05, 0.1) is 12.9 Å². The van der Waals surface area contributed by atoms with Crippen molar-refractivity contribution in [1.82, 2.24) is 4.90 Å². The monoisotopic (exact) mass is 372 g/mol. The number of ether oxygens (including phenoxy) is 1. The maximum Gasteiger partial charge on any atom is 0.253 e. The summed E-state index contributed by atoms with van der Waals surface area (Å²) in [7, 11) is 5.06. The highest BCUT2D eigenvalue weighted by molar-refractivity contribution is 7.99. The molecule has 0 radical (unpaired) electrons. The van der Waals surface area contributed by atoms with Crippen LogP contribution in [0.25, 0.3) is 0 Å². The lowest BCUT2D eigenvalue weighted by atomic mass is 10.1. The Bertz CT molecular complexity index is 773. The number of hydrogen-bond donors (Lipinski definition) is 1. The van der Waals surface area contributed by atoms with Gasteiger partial charge in [0, 0.05) is 36.7 Å². The number of hydrogen-bond acceptors (Lipinski definition) is 4. The summed E-state index contributed by atoms with van der Waals surface area (Å²) in [6.45, 7) is 2.03. The molecule has 0 fully saturated rings. The number of methoxy groups -OCH3 is 1. The molecule has 0 saturated carbocycles. The van der Waals surface area contributed by atoms with Crippen LogP contribution in [-0.2, 0) is 10.5 Å². The minimum Gasteiger partial charge on any atom is -0.496 e. The number of anilines is 1. The summed E-state index contributed by atoms with van der Waals surface area (Å²) >= 11 is 1.53. The molecule has 2 amide bonds. The fourth-order valence-electron chi connectivity index (χ4n) is 2.43. The smallest absolute Gasteiger partial charge is 0.253 e. The second-order valence-electron chi connectivity index (χ2n) is 6.13. The SMILES string of the molecule is COc1ccc(C)cc1CSCC(=O)Nc1ccc(C(=O)N(C)C)cc1. The van der Waals surface area contributed by atoms with Crippen LogP contribution in [0.5, 0.6) is 5.75 Å². The summed E-state index contributed by atoms with van der Waals surface area (Å²) in [5.41, 5.74) is 3.52. The number of nitrogens with one attached hydrogen (secondary N) is 1. The van der Waals surface area contributed by atoms with Gasteiger partial charge in [0.15, 0.2) is 0 Å². The Morgan fingerprint density at radius 3 is 2.42 bits per heavy atom. The third kappa shape index (κ3) is 5.52. The maximum absolute atomic E-state index is 12.1. The molecule has 0 aromatic heterocycles. The van der Waals surface area contributed by atoms with Crippen molar-refractivity contribution < 1.29 is 14.3 Å². The van der Waals surface area contributed by atoms with E-state index in [9.17, 15) is 9.59 Å². The van der Waals surface area contributed by atoms with Crippen LogP contribution in [0.4, 0.5) is 5.69 Å². The van der Waals surface area contributed by atoms with Gasteiger partial charge in [-0.05, 0) is 37.3 Å². The number of carbonyl (C=O) groups excluding carboxylic acids is 2. The Morgan fingerprint density at radius 1 is 1.12 bits per heavy atom. The molecule has 26 heavy (non-hydrogen) atoms. The predicted molar refractivity (Wildman–Crippen MR) is 107 cm³/mol. The molecule has 2 rings (SSSR count). The van der Waals surface area contributed by atoms with Crippen LogP contribution < -0.4 is 10.1 Å². The van der Waals surface area contributed by atoms with E-state index in [-0.39, 0.29) is 11.8 Å². The highest BCUT2D eigenvalue weighted by Crippen LogP contribution is 2.24. The third-order valence-electron chi connectivity index (χ3n) is 3.75. The van der Waals surface area contributed by atoms with E-state index in [0.717, 1.165) is 11.3 Å². The van der Waals surface area contributed by atoms with Crippen molar-refractivity contribution in [2.45, 2.75) is 12.7 Å². The zero-order chi connectivity index (χ0) is 19.1. The van der Waals surface area contributed by atoms with E-state index in [1.807, 2.05) is 19.1 Å². The summed E-state index contributed by atoms with van der Waals surface area (Å²) < 4.78 is 5.36. The highest BCUT2D eigenvalue weighted by atomic mass is 32.2. The predicted octanol–water partition coefficient (Wildman–Crippen LogP) is 3.58. The van der Waals surface area contributed by atoms with Crippen molar-refractivity contribution in [2.24, 2.45) is 0 Å². The van der Waals surface area contributed by atoms with Crippen molar-refractivity contribution in [3.8, 4) is 5.75 Å². The topological polar surface area (TPSA) is 58.6 Å². The van der Waals surface area contributed by atoms with Gasteiger partial charge in [-0.3, -0.25) is 9.59 Å². The molecular formula is C20H24N2O3S. The van der Waals surface area contributed by atoms with E-state index in [4.69, 9.17) is 4.74 Å². The zero-order valence-electron chi connectivity index (χ0n) is 15.5. The molecule has 0 atom stereocenters. The van der Waals surface area contributed by atoms with Crippen LogP contribution in [0.2, 0.25) is 0 Å². The minimum atomic E-state index is -0.0756. The Kier molecular flexibility index (Phi) is 7.09. The first-order chi connectivity index (χ1) is 12.4. The Labute approximate surface area is 158 Å². The molecule has 2 aromatic rings. The van der Waals surface area contributed by atoms with E-state index >= 15 is 0 Å². The largest absolute Gasteiger partial charge is 0.496 e. The molecular weight excluding hydrogens is 348 g/mol. The first kappa shape index (κ1) is 19.8. The molecule has 0 bridgehead atoms. The number of aryl methyl sites for hydroxylation is 1. The normalized spacial score (nSPS) is 10.3. The van der Waals surface area contributed by atoms with Gasteiger partial charge in [-0.15, -0.1) is 11.8 Å². The van der Waals surface area contributed by atoms with Crippen LogP contribution >= 0.6 is 11.8 Å². The third-order valence-corrected chi connectivity index (χ3v) is 4.73. The van der Waals surface area contributed by atoms with E-state index < -0.39 is 0 Å². The van der Waals surface area contributed by atoms with Crippen molar-refractivity contribution in [3.63, 3.8) is 0 Å². The van der Waals surface area contributed by atoms with Crippen molar-refractivity contribution in [2.75, 3.05) is 32.3 Å². The van der Waals surface area contributed by atoms with Crippen molar-refractivity contribution >= 4 is 29.3 Å². The summed E-state index contributed by atoms with van der Waals surface area (Å²) in [6.07, 6.45) is 0. The zero-order valence-corrected chi connectivity index (χ0v) is 16.4. The molecule has 0 aliphatic carbocycles. The van der Waals surface area contributed by atoms with Crippen molar-refractivity contribution in [3.05, 3.63) is 59.2 Å². The summed E-state index contributed by atoms with van der Waals surface area (Å²) in [5, 5.41) is 2.85. The molecule has 0 aliphatic rings. The highest BCUT2D eigenvalue weighted by Gasteiger charge is 2.09. The number of rotatable bonds is 7. The maximum atomic E-state index is 12.1. The molecule has 6 heteroatoms. The average Bonchev–Trinajstić information content (AvgIpc) is 2.62.